The van der Waals surface area contributed by atoms with Crippen LogP contribution in [0.1, 0.15) is 14.5 Å². The van der Waals surface area contributed by atoms with Crippen LogP contribution in [0.3, 0.4) is 0 Å². The molecule has 0 atom stereocenters. The molecule has 2 nitrogen and oxygen atoms in total. The molecule has 0 saturated carbocycles. The summed E-state index contributed by atoms with van der Waals surface area (Å²) in [6.07, 6.45) is 3.35. The fourth-order valence-electron chi connectivity index (χ4n) is 0.866. The van der Waals surface area contributed by atoms with E-state index in [1.54, 1.807) is 12.3 Å². The van der Waals surface area contributed by atoms with E-state index in [1.807, 2.05) is 38.1 Å². The van der Waals surface area contributed by atoms with Crippen molar-refractivity contribution < 1.29 is 4.79 Å². The quantitative estimate of drug-likeness (QED) is 0.545. The highest BCUT2D eigenvalue weighted by Crippen LogP contribution is 2.15. The third-order valence-electron chi connectivity index (χ3n) is 1.51. The van der Waals surface area contributed by atoms with Gasteiger partial charge in [-0.1, -0.05) is 0 Å². The van der Waals surface area contributed by atoms with Crippen molar-refractivity contribution in [2.45, 2.75) is 6.92 Å². The van der Waals surface area contributed by atoms with Crippen molar-refractivity contribution in [1.29, 1.82) is 0 Å². The minimum atomic E-state index is 0.0757. The van der Waals surface area contributed by atoms with E-state index in [9.17, 15) is 4.79 Å². The van der Waals surface area contributed by atoms with Gasteiger partial charge in [-0.2, -0.15) is 0 Å². The lowest BCUT2D eigenvalue weighted by Crippen LogP contribution is -2.02. The lowest BCUT2D eigenvalue weighted by Gasteiger charge is -2.01. The van der Waals surface area contributed by atoms with Gasteiger partial charge in [0.05, 0.1) is 4.88 Å². The Morgan fingerprint density at radius 3 is 2.62 bits per heavy atom. The topological polar surface area (TPSA) is 20.3 Å². The van der Waals surface area contributed by atoms with Gasteiger partial charge in [-0.3, -0.25) is 4.79 Å². The van der Waals surface area contributed by atoms with Gasteiger partial charge in [-0.05, 0) is 19.1 Å². The molecule has 0 N–H and O–H groups in total. The summed E-state index contributed by atoms with van der Waals surface area (Å²) in [7, 11) is 3.78. The Bertz CT molecular complexity index is 325. The van der Waals surface area contributed by atoms with Crippen LogP contribution < -0.4 is 0 Å². The summed E-state index contributed by atoms with van der Waals surface area (Å²) in [5.74, 6) is 0.0757. The van der Waals surface area contributed by atoms with Crippen LogP contribution in [-0.2, 0) is 0 Å². The third kappa shape index (κ3) is 3.03. The van der Waals surface area contributed by atoms with E-state index >= 15 is 0 Å². The molecule has 0 aliphatic heterocycles. The summed E-state index contributed by atoms with van der Waals surface area (Å²) in [6, 6.07) is 3.82. The number of allylic oxidation sites excluding steroid dienone is 1. The number of aryl methyl sites for hydroxylation is 1. The minimum absolute atomic E-state index is 0.0757. The maximum atomic E-state index is 11.5. The molecule has 0 amide bonds. The van der Waals surface area contributed by atoms with Crippen molar-refractivity contribution >= 4 is 17.1 Å². The highest BCUT2D eigenvalue weighted by molar-refractivity contribution is 7.14. The van der Waals surface area contributed by atoms with Gasteiger partial charge >= 0.3 is 0 Å². The monoisotopic (exact) mass is 195 g/mol. The highest BCUT2D eigenvalue weighted by atomic mass is 32.1. The van der Waals surface area contributed by atoms with Crippen LogP contribution in [0.15, 0.2) is 24.4 Å². The van der Waals surface area contributed by atoms with Crippen molar-refractivity contribution in [2.75, 3.05) is 14.1 Å². The van der Waals surface area contributed by atoms with Gasteiger partial charge in [0.15, 0.2) is 5.78 Å². The molecule has 0 fully saturated rings. The van der Waals surface area contributed by atoms with E-state index < -0.39 is 0 Å². The predicted octanol–water partition coefficient (Wildman–Crippen LogP) is 2.31. The number of ketones is 1. The number of hydrogen-bond donors (Lipinski definition) is 0. The summed E-state index contributed by atoms with van der Waals surface area (Å²) in [5, 5.41) is 0. The summed E-state index contributed by atoms with van der Waals surface area (Å²) in [4.78, 5) is 15.3. The van der Waals surface area contributed by atoms with Crippen LogP contribution in [0.2, 0.25) is 0 Å². The normalized spacial score (nSPS) is 10.7. The molecule has 0 aromatic carbocycles. The Morgan fingerprint density at radius 2 is 2.15 bits per heavy atom. The average molecular weight is 195 g/mol. The first-order valence-electron chi connectivity index (χ1n) is 4.05. The molecule has 0 unspecified atom stereocenters. The second-order valence-corrected chi connectivity index (χ2v) is 4.34. The molecule has 1 rings (SSSR count). The molecule has 1 aromatic rings. The fourth-order valence-corrected chi connectivity index (χ4v) is 1.65. The van der Waals surface area contributed by atoms with Crippen LogP contribution in [0, 0.1) is 6.92 Å². The molecule has 0 aliphatic carbocycles. The van der Waals surface area contributed by atoms with E-state index in [0.29, 0.717) is 0 Å². The van der Waals surface area contributed by atoms with Gasteiger partial charge in [0.25, 0.3) is 0 Å². The lowest BCUT2D eigenvalue weighted by atomic mass is 10.3. The summed E-state index contributed by atoms with van der Waals surface area (Å²) in [5.41, 5.74) is 0. The van der Waals surface area contributed by atoms with Crippen LogP contribution in [0.5, 0.6) is 0 Å². The van der Waals surface area contributed by atoms with E-state index in [4.69, 9.17) is 0 Å². The van der Waals surface area contributed by atoms with Crippen molar-refractivity contribution in [3.8, 4) is 0 Å². The predicted molar refractivity (Wildman–Crippen MR) is 56.2 cm³/mol. The van der Waals surface area contributed by atoms with Crippen LogP contribution in [0.4, 0.5) is 0 Å². The molecule has 0 spiro atoms. The first-order chi connectivity index (χ1) is 6.09. The molecule has 0 saturated heterocycles. The number of carbonyl (C=O) groups is 1. The molecular formula is C10H13NOS. The van der Waals surface area contributed by atoms with Gasteiger partial charge < -0.3 is 4.90 Å². The first kappa shape index (κ1) is 9.99. The van der Waals surface area contributed by atoms with Crippen molar-refractivity contribution in [3.05, 3.63) is 34.2 Å². The molecule has 70 valence electrons. The number of rotatable bonds is 3. The highest BCUT2D eigenvalue weighted by Gasteiger charge is 2.03. The van der Waals surface area contributed by atoms with Crippen LogP contribution in [0.25, 0.3) is 0 Å². The lowest BCUT2D eigenvalue weighted by molar-refractivity contribution is 0.104. The van der Waals surface area contributed by atoms with Crippen LogP contribution >= 0.6 is 11.3 Å². The second kappa shape index (κ2) is 4.23. The summed E-state index contributed by atoms with van der Waals surface area (Å²) >= 11 is 1.53. The van der Waals surface area contributed by atoms with Crippen LogP contribution in [-0.4, -0.2) is 24.8 Å². The Hall–Kier alpha value is -1.09. The number of thiophene rings is 1. The van der Waals surface area contributed by atoms with Crippen molar-refractivity contribution in [1.82, 2.24) is 4.90 Å². The third-order valence-corrected chi connectivity index (χ3v) is 2.52. The van der Waals surface area contributed by atoms with Gasteiger partial charge in [0.2, 0.25) is 0 Å². The summed E-state index contributed by atoms with van der Waals surface area (Å²) in [6.45, 7) is 2.00. The van der Waals surface area contributed by atoms with Gasteiger partial charge in [-0.15, -0.1) is 11.3 Å². The standard InChI is InChI=1S/C10H13NOS/c1-8-4-5-10(13-8)9(12)6-7-11(2)3/h4-7H,1-3H3. The van der Waals surface area contributed by atoms with Gasteiger partial charge in [-0.25, -0.2) is 0 Å². The average Bonchev–Trinajstić information content (AvgIpc) is 2.47. The number of hydrogen-bond acceptors (Lipinski definition) is 3. The second-order valence-electron chi connectivity index (χ2n) is 3.05. The Labute approximate surface area is 82.5 Å². The maximum Gasteiger partial charge on any atom is 0.197 e. The minimum Gasteiger partial charge on any atom is -0.383 e. The first-order valence-corrected chi connectivity index (χ1v) is 4.86. The maximum absolute atomic E-state index is 11.5. The zero-order chi connectivity index (χ0) is 9.84. The molecule has 1 heterocycles. The van der Waals surface area contributed by atoms with E-state index in [2.05, 4.69) is 0 Å². The van der Waals surface area contributed by atoms with Gasteiger partial charge in [0, 0.05) is 31.2 Å². The van der Waals surface area contributed by atoms with Crippen molar-refractivity contribution in [2.24, 2.45) is 0 Å². The van der Waals surface area contributed by atoms with E-state index in [1.165, 1.54) is 16.2 Å². The molecule has 1 aromatic heterocycles. The van der Waals surface area contributed by atoms with Gasteiger partial charge in [0.1, 0.15) is 0 Å². The largest absolute Gasteiger partial charge is 0.383 e. The number of carbonyl (C=O) groups excluding carboxylic acids is 1. The molecular weight excluding hydrogens is 182 g/mol. The molecule has 0 radical (unpaired) electrons. The molecule has 0 aliphatic rings. The fraction of sp³-hybridized carbons (Fsp3) is 0.300. The smallest absolute Gasteiger partial charge is 0.197 e. The summed E-state index contributed by atoms with van der Waals surface area (Å²) < 4.78 is 0. The zero-order valence-electron chi connectivity index (χ0n) is 8.07. The SMILES string of the molecule is Cc1ccc(C(=O)C=CN(C)C)s1. The number of nitrogens with zero attached hydrogens (tertiary/aromatic N) is 1. The Kier molecular flexibility index (Phi) is 3.25. The Morgan fingerprint density at radius 1 is 1.46 bits per heavy atom. The zero-order valence-corrected chi connectivity index (χ0v) is 8.89. The Balaban J connectivity index is 2.69. The van der Waals surface area contributed by atoms with E-state index in [0.717, 1.165) is 4.88 Å². The van der Waals surface area contributed by atoms with E-state index in [-0.39, 0.29) is 5.78 Å². The van der Waals surface area contributed by atoms with Crippen molar-refractivity contribution in [3.63, 3.8) is 0 Å². The molecule has 3 heteroatoms. The molecule has 13 heavy (non-hydrogen) atoms. The molecule has 0 bridgehead atoms.